The number of amides is 4. The molecule has 1 aliphatic heterocycles. The monoisotopic (exact) mass is 504 g/mol. The molecule has 0 radical (unpaired) electrons. The lowest BCUT2D eigenvalue weighted by Gasteiger charge is -2.26. The van der Waals surface area contributed by atoms with Gasteiger partial charge >= 0.3 is 12.0 Å². The molecule has 0 spiro atoms. The molecule has 0 aromatic heterocycles. The largest absolute Gasteiger partial charge is 0.493 e. The summed E-state index contributed by atoms with van der Waals surface area (Å²) in [5.74, 6) is -1.96. The number of esters is 1. The molecule has 188 valence electrons. The molecular weight excluding hydrogens is 483 g/mol. The van der Waals surface area contributed by atoms with Gasteiger partial charge < -0.3 is 14.2 Å². The molecule has 0 atom stereocenters. The number of carbonyl (C=O) groups is 4. The predicted octanol–water partition coefficient (Wildman–Crippen LogP) is 3.87. The molecule has 1 aliphatic rings. The summed E-state index contributed by atoms with van der Waals surface area (Å²) in [5.41, 5.74) is 1.17. The Hall–Kier alpha value is -4.99. The van der Waals surface area contributed by atoms with E-state index in [0.717, 1.165) is 4.90 Å². The first-order chi connectivity index (χ1) is 17.8. The van der Waals surface area contributed by atoms with Crippen LogP contribution in [0.1, 0.15) is 21.5 Å². The van der Waals surface area contributed by atoms with Crippen LogP contribution in [0.3, 0.4) is 0 Å². The van der Waals surface area contributed by atoms with E-state index in [1.165, 1.54) is 56.7 Å². The standard InChI is InChI=1S/C27H21FN2O7/c1-35-23-14-16(6-11-22(23)37-15-17-4-3-5-19(28)12-17)13-21-24(31)29-27(34)30(25(21)32)20-9-7-18(8-10-20)26(33)36-2/h3-14H,15H2,1-2H3,(H,29,31,34)/b21-13+. The van der Waals surface area contributed by atoms with Crippen molar-refractivity contribution in [1.29, 1.82) is 0 Å². The van der Waals surface area contributed by atoms with Gasteiger partial charge in [-0.2, -0.15) is 0 Å². The number of nitrogens with zero attached hydrogens (tertiary/aromatic N) is 1. The van der Waals surface area contributed by atoms with Crippen molar-refractivity contribution in [3.8, 4) is 11.5 Å². The van der Waals surface area contributed by atoms with E-state index in [1.807, 2.05) is 0 Å². The number of ether oxygens (including phenoxy) is 3. The highest BCUT2D eigenvalue weighted by Crippen LogP contribution is 2.30. The van der Waals surface area contributed by atoms with Crippen LogP contribution in [0, 0.1) is 5.82 Å². The molecule has 0 aliphatic carbocycles. The van der Waals surface area contributed by atoms with Gasteiger partial charge in [-0.3, -0.25) is 14.9 Å². The molecular formula is C27H21FN2O7. The van der Waals surface area contributed by atoms with Crippen molar-refractivity contribution >= 4 is 35.6 Å². The van der Waals surface area contributed by atoms with Crippen LogP contribution in [0.15, 0.2) is 72.3 Å². The third-order valence-electron chi connectivity index (χ3n) is 5.43. The molecule has 3 aromatic carbocycles. The molecule has 0 bridgehead atoms. The van der Waals surface area contributed by atoms with Gasteiger partial charge in [-0.15, -0.1) is 0 Å². The normalized spacial score (nSPS) is 14.4. The Labute approximate surface area is 211 Å². The summed E-state index contributed by atoms with van der Waals surface area (Å²) in [4.78, 5) is 50.5. The molecule has 3 aromatic rings. The average Bonchev–Trinajstić information content (AvgIpc) is 2.90. The summed E-state index contributed by atoms with van der Waals surface area (Å²) in [6.45, 7) is 0.0985. The Bertz CT molecular complexity index is 1420. The second-order valence-corrected chi connectivity index (χ2v) is 7.83. The van der Waals surface area contributed by atoms with E-state index in [2.05, 4.69) is 10.1 Å². The SMILES string of the molecule is COC(=O)c1ccc(N2C(=O)NC(=O)/C(=C\c3ccc(OCc4cccc(F)c4)c(OC)c3)C2=O)cc1. The molecule has 9 nitrogen and oxygen atoms in total. The van der Waals surface area contributed by atoms with Crippen molar-refractivity contribution in [3.05, 3.63) is 94.8 Å². The van der Waals surface area contributed by atoms with Gasteiger partial charge in [0.25, 0.3) is 11.8 Å². The minimum atomic E-state index is -0.920. The third-order valence-corrected chi connectivity index (χ3v) is 5.43. The van der Waals surface area contributed by atoms with E-state index in [1.54, 1.807) is 30.3 Å². The first kappa shape index (κ1) is 25.1. The summed E-state index contributed by atoms with van der Waals surface area (Å²) in [5, 5.41) is 2.14. The minimum absolute atomic E-state index is 0.0985. The number of benzene rings is 3. The lowest BCUT2D eigenvalue weighted by atomic mass is 10.1. The summed E-state index contributed by atoms with van der Waals surface area (Å²) in [7, 11) is 2.66. The topological polar surface area (TPSA) is 111 Å². The van der Waals surface area contributed by atoms with Crippen molar-refractivity contribution in [3.63, 3.8) is 0 Å². The Balaban J connectivity index is 1.58. The number of carbonyl (C=O) groups excluding carboxylic acids is 4. The van der Waals surface area contributed by atoms with E-state index >= 15 is 0 Å². The fourth-order valence-corrected chi connectivity index (χ4v) is 3.60. The lowest BCUT2D eigenvalue weighted by Crippen LogP contribution is -2.54. The maximum Gasteiger partial charge on any atom is 0.337 e. The number of rotatable bonds is 7. The first-order valence-electron chi connectivity index (χ1n) is 11.0. The number of imide groups is 2. The van der Waals surface area contributed by atoms with Crippen LogP contribution < -0.4 is 19.7 Å². The maximum absolute atomic E-state index is 13.4. The molecule has 1 saturated heterocycles. The Kier molecular flexibility index (Phi) is 7.28. The van der Waals surface area contributed by atoms with Gasteiger partial charge in [-0.25, -0.2) is 18.9 Å². The van der Waals surface area contributed by atoms with Crippen molar-refractivity contribution < 1.29 is 37.8 Å². The number of hydrogen-bond donors (Lipinski definition) is 1. The summed E-state index contributed by atoms with van der Waals surface area (Å²) < 4.78 is 29.2. The quantitative estimate of drug-likeness (QED) is 0.295. The Morgan fingerprint density at radius 3 is 2.41 bits per heavy atom. The maximum atomic E-state index is 13.4. The highest BCUT2D eigenvalue weighted by molar-refractivity contribution is 6.39. The molecule has 37 heavy (non-hydrogen) atoms. The second-order valence-electron chi connectivity index (χ2n) is 7.83. The average molecular weight is 504 g/mol. The lowest BCUT2D eigenvalue weighted by molar-refractivity contribution is -0.122. The van der Waals surface area contributed by atoms with Crippen LogP contribution in [0.2, 0.25) is 0 Å². The summed E-state index contributed by atoms with van der Waals surface area (Å²) in [6.07, 6.45) is 1.32. The van der Waals surface area contributed by atoms with Crippen LogP contribution in [0.5, 0.6) is 11.5 Å². The van der Waals surface area contributed by atoms with Gasteiger partial charge in [0.2, 0.25) is 0 Å². The minimum Gasteiger partial charge on any atom is -0.493 e. The van der Waals surface area contributed by atoms with Crippen LogP contribution in [0.25, 0.3) is 6.08 Å². The van der Waals surface area contributed by atoms with E-state index in [4.69, 9.17) is 9.47 Å². The predicted molar refractivity (Wildman–Crippen MR) is 131 cm³/mol. The molecule has 1 fully saturated rings. The Morgan fingerprint density at radius 2 is 1.73 bits per heavy atom. The van der Waals surface area contributed by atoms with Gasteiger partial charge in [0, 0.05) is 0 Å². The van der Waals surface area contributed by atoms with Gasteiger partial charge in [0.15, 0.2) is 11.5 Å². The fraction of sp³-hybridized carbons (Fsp3) is 0.111. The van der Waals surface area contributed by atoms with E-state index in [-0.39, 0.29) is 29.2 Å². The number of urea groups is 1. The van der Waals surface area contributed by atoms with E-state index in [0.29, 0.717) is 22.6 Å². The van der Waals surface area contributed by atoms with Crippen molar-refractivity contribution in [2.45, 2.75) is 6.61 Å². The van der Waals surface area contributed by atoms with Crippen molar-refractivity contribution in [2.75, 3.05) is 19.1 Å². The van der Waals surface area contributed by atoms with Crippen molar-refractivity contribution in [2.24, 2.45) is 0 Å². The van der Waals surface area contributed by atoms with Gasteiger partial charge in [0.1, 0.15) is 18.0 Å². The number of halogens is 1. The summed E-state index contributed by atoms with van der Waals surface area (Å²) >= 11 is 0. The van der Waals surface area contributed by atoms with E-state index in [9.17, 15) is 23.6 Å². The van der Waals surface area contributed by atoms with E-state index < -0.39 is 23.8 Å². The van der Waals surface area contributed by atoms with Crippen molar-refractivity contribution in [1.82, 2.24) is 5.32 Å². The zero-order valence-corrected chi connectivity index (χ0v) is 19.8. The smallest absolute Gasteiger partial charge is 0.337 e. The zero-order chi connectivity index (χ0) is 26.5. The number of barbiturate groups is 1. The number of methoxy groups -OCH3 is 2. The molecule has 1 heterocycles. The number of hydrogen-bond acceptors (Lipinski definition) is 7. The first-order valence-corrected chi connectivity index (χ1v) is 11.0. The van der Waals surface area contributed by atoms with Crippen LogP contribution in [0.4, 0.5) is 14.9 Å². The molecule has 0 saturated carbocycles. The molecule has 10 heteroatoms. The van der Waals surface area contributed by atoms with Gasteiger partial charge in [-0.05, 0) is 65.7 Å². The zero-order valence-electron chi connectivity index (χ0n) is 19.8. The molecule has 4 amide bonds. The van der Waals surface area contributed by atoms with Crippen LogP contribution in [-0.4, -0.2) is 38.0 Å². The molecule has 4 rings (SSSR count). The number of nitrogens with one attached hydrogen (secondary N) is 1. The summed E-state index contributed by atoms with van der Waals surface area (Å²) in [6, 6.07) is 15.4. The van der Waals surface area contributed by atoms with Gasteiger partial charge in [0.05, 0.1) is 25.5 Å². The highest BCUT2D eigenvalue weighted by atomic mass is 19.1. The van der Waals surface area contributed by atoms with Crippen LogP contribution in [-0.2, 0) is 20.9 Å². The third kappa shape index (κ3) is 5.48. The van der Waals surface area contributed by atoms with Crippen LogP contribution >= 0.6 is 0 Å². The Morgan fingerprint density at radius 1 is 0.973 bits per heavy atom. The van der Waals surface area contributed by atoms with Gasteiger partial charge in [-0.1, -0.05) is 18.2 Å². The molecule has 0 unspecified atom stereocenters. The fourth-order valence-electron chi connectivity index (χ4n) is 3.60. The second kappa shape index (κ2) is 10.7. The highest BCUT2D eigenvalue weighted by Gasteiger charge is 2.36. The molecule has 1 N–H and O–H groups in total. The number of anilines is 1.